The van der Waals surface area contributed by atoms with Crippen LogP contribution in [0, 0.1) is 0 Å². The van der Waals surface area contributed by atoms with Crippen LogP contribution < -0.4 is 0 Å². The van der Waals surface area contributed by atoms with E-state index < -0.39 is 20.2 Å². The van der Waals surface area contributed by atoms with Crippen molar-refractivity contribution in [3.05, 3.63) is 35.9 Å². The third-order valence-corrected chi connectivity index (χ3v) is 0.936. The third-order valence-electron chi connectivity index (χ3n) is 0.936. The SMILES string of the molecule is CS(C)(=O)=O.O=Cc1ccccc1.O=S(=O)([O-])[O-].[Cu+2]. The van der Waals surface area contributed by atoms with Crippen molar-refractivity contribution < 1.29 is 47.8 Å². The minimum absolute atomic E-state index is 0. The third kappa shape index (κ3) is 46.9. The van der Waals surface area contributed by atoms with Crippen molar-refractivity contribution in [1.29, 1.82) is 0 Å². The molecule has 1 aromatic carbocycles. The van der Waals surface area contributed by atoms with Gasteiger partial charge in [-0.2, -0.15) is 0 Å². The molecule has 0 spiro atoms. The van der Waals surface area contributed by atoms with Crippen molar-refractivity contribution in [1.82, 2.24) is 0 Å². The smallest absolute Gasteiger partial charge is 0.759 e. The molecule has 0 saturated heterocycles. The first-order valence-corrected chi connectivity index (χ1v) is 7.88. The Kier molecular flexibility index (Phi) is 13.6. The van der Waals surface area contributed by atoms with Crippen LogP contribution in [0.5, 0.6) is 0 Å². The van der Waals surface area contributed by atoms with Gasteiger partial charge in [0.05, 0.1) is 0 Å². The van der Waals surface area contributed by atoms with E-state index in [4.69, 9.17) is 17.5 Å². The summed E-state index contributed by atoms with van der Waals surface area (Å²) in [5.41, 5.74) is 0.729. The normalized spacial score (nSPS) is 9.68. The summed E-state index contributed by atoms with van der Waals surface area (Å²) in [6, 6.07) is 9.10. The van der Waals surface area contributed by atoms with Crippen LogP contribution in [-0.2, 0) is 37.3 Å². The fourth-order valence-corrected chi connectivity index (χ4v) is 0.532. The van der Waals surface area contributed by atoms with Gasteiger partial charge in [0.25, 0.3) is 0 Å². The van der Waals surface area contributed by atoms with Crippen molar-refractivity contribution >= 4 is 26.5 Å². The first-order valence-electron chi connectivity index (χ1n) is 4.25. The van der Waals surface area contributed by atoms with Crippen LogP contribution in [0.4, 0.5) is 0 Å². The van der Waals surface area contributed by atoms with Gasteiger partial charge in [-0.15, -0.1) is 0 Å². The molecule has 19 heavy (non-hydrogen) atoms. The quantitative estimate of drug-likeness (QED) is 0.294. The van der Waals surface area contributed by atoms with E-state index in [0.717, 1.165) is 24.4 Å². The number of aldehydes is 1. The van der Waals surface area contributed by atoms with Gasteiger partial charge in [-0.25, -0.2) is 8.42 Å². The monoisotopic (exact) mass is 359 g/mol. The number of benzene rings is 1. The maximum absolute atomic E-state index is 10.0. The molecular weight excluding hydrogens is 348 g/mol. The Balaban J connectivity index is -0.000000208. The molecule has 1 radical (unpaired) electrons. The Morgan fingerprint density at radius 1 is 0.947 bits per heavy atom. The number of carbonyl (C=O) groups is 1. The van der Waals surface area contributed by atoms with Crippen LogP contribution in [0.1, 0.15) is 10.4 Å². The first kappa shape index (κ1) is 23.3. The van der Waals surface area contributed by atoms with E-state index in [1.165, 1.54) is 0 Å². The average Bonchev–Trinajstić information content (AvgIpc) is 2.14. The molecule has 0 aliphatic carbocycles. The Bertz CT molecular complexity index is 491. The van der Waals surface area contributed by atoms with Gasteiger partial charge in [-0.05, 0) is 0 Å². The van der Waals surface area contributed by atoms with Crippen molar-refractivity contribution in [2.24, 2.45) is 0 Å². The number of hydrogen-bond acceptors (Lipinski definition) is 7. The number of hydrogen-bond donors (Lipinski definition) is 0. The summed E-state index contributed by atoms with van der Waals surface area (Å²) in [5.74, 6) is 0. The van der Waals surface area contributed by atoms with E-state index in [1.54, 1.807) is 12.1 Å². The van der Waals surface area contributed by atoms with Crippen LogP contribution in [0.25, 0.3) is 0 Å². The molecule has 0 saturated carbocycles. The van der Waals surface area contributed by atoms with Crippen LogP contribution in [0.3, 0.4) is 0 Å². The first-order chi connectivity index (χ1) is 7.93. The molecule has 0 aromatic heterocycles. The van der Waals surface area contributed by atoms with Crippen LogP contribution >= 0.6 is 0 Å². The summed E-state index contributed by atoms with van der Waals surface area (Å²) in [6.45, 7) is 0. The second kappa shape index (κ2) is 11.1. The molecule has 0 heterocycles. The zero-order valence-corrected chi connectivity index (χ0v) is 12.5. The Labute approximate surface area is 123 Å². The summed E-state index contributed by atoms with van der Waals surface area (Å²) in [6.07, 6.45) is 3.15. The van der Waals surface area contributed by atoms with Gasteiger partial charge in [-0.1, -0.05) is 30.3 Å². The minimum atomic E-state index is -5.17. The summed E-state index contributed by atoms with van der Waals surface area (Å²) < 4.78 is 53.3. The molecule has 0 unspecified atom stereocenters. The predicted molar refractivity (Wildman–Crippen MR) is 63.1 cm³/mol. The fraction of sp³-hybridized carbons (Fsp3) is 0.222. The van der Waals surface area contributed by atoms with Gasteiger partial charge >= 0.3 is 17.1 Å². The maximum Gasteiger partial charge on any atom is 2.00 e. The van der Waals surface area contributed by atoms with Gasteiger partial charge in [0.15, 0.2) is 0 Å². The number of carbonyl (C=O) groups excluding carboxylic acids is 1. The van der Waals surface area contributed by atoms with Crippen molar-refractivity contribution in [2.45, 2.75) is 0 Å². The van der Waals surface area contributed by atoms with E-state index in [0.29, 0.717) is 0 Å². The number of sulfone groups is 1. The molecular formula is C9H12CuO7S2. The molecule has 113 valence electrons. The standard InChI is InChI=1S/C7H6O.C2H6O2S.Cu.H2O4S/c8-6-7-4-2-1-3-5-7;1-5(2,3)4;;1-5(2,3)4/h1-6H;1-2H3;;(H2,1,2,3,4)/q;;+2;/p-2. The maximum atomic E-state index is 10.0. The Morgan fingerprint density at radius 3 is 1.37 bits per heavy atom. The van der Waals surface area contributed by atoms with E-state index in [9.17, 15) is 13.2 Å². The van der Waals surface area contributed by atoms with Gasteiger partial charge < -0.3 is 9.11 Å². The minimum Gasteiger partial charge on any atom is -0.759 e. The molecule has 0 amide bonds. The predicted octanol–water partition coefficient (Wildman–Crippen LogP) is -0.181. The van der Waals surface area contributed by atoms with Crippen molar-refractivity contribution in [2.75, 3.05) is 12.5 Å². The molecule has 0 aliphatic heterocycles. The summed E-state index contributed by atoms with van der Waals surface area (Å²) in [4.78, 5) is 10.0. The summed E-state index contributed by atoms with van der Waals surface area (Å²) in [5, 5.41) is 0. The molecule has 1 rings (SSSR count). The van der Waals surface area contributed by atoms with Crippen molar-refractivity contribution in [3.8, 4) is 0 Å². The Hall–Kier alpha value is -0.771. The van der Waals surface area contributed by atoms with Gasteiger partial charge in [-0.3, -0.25) is 13.2 Å². The molecule has 0 atom stereocenters. The summed E-state index contributed by atoms with van der Waals surface area (Å²) >= 11 is 0. The van der Waals surface area contributed by atoms with Crippen LogP contribution in [-0.4, -0.2) is 44.7 Å². The largest absolute Gasteiger partial charge is 2.00 e. The number of rotatable bonds is 1. The van der Waals surface area contributed by atoms with Gasteiger partial charge in [0, 0.05) is 28.5 Å². The molecule has 0 N–H and O–H groups in total. The van der Waals surface area contributed by atoms with E-state index in [-0.39, 0.29) is 17.1 Å². The zero-order chi connectivity index (χ0) is 14.8. The molecule has 1 aromatic rings. The van der Waals surface area contributed by atoms with E-state index in [1.807, 2.05) is 18.2 Å². The van der Waals surface area contributed by atoms with Crippen LogP contribution in [0.15, 0.2) is 30.3 Å². The van der Waals surface area contributed by atoms with Gasteiger partial charge in [0.2, 0.25) is 0 Å². The fourth-order valence-electron chi connectivity index (χ4n) is 0.532. The zero-order valence-electron chi connectivity index (χ0n) is 9.94. The average molecular weight is 360 g/mol. The molecule has 7 nitrogen and oxygen atoms in total. The van der Waals surface area contributed by atoms with E-state index >= 15 is 0 Å². The Morgan fingerprint density at radius 2 is 1.21 bits per heavy atom. The van der Waals surface area contributed by atoms with Crippen molar-refractivity contribution in [3.63, 3.8) is 0 Å². The second-order valence-corrected chi connectivity index (χ2v) is 6.18. The molecule has 0 aliphatic rings. The molecule has 10 heteroatoms. The van der Waals surface area contributed by atoms with Gasteiger partial charge in [0.1, 0.15) is 16.1 Å². The molecule has 0 bridgehead atoms. The second-order valence-electron chi connectivity index (χ2n) is 3.08. The topological polar surface area (TPSA) is 131 Å². The van der Waals surface area contributed by atoms with E-state index in [2.05, 4.69) is 0 Å². The molecule has 0 fully saturated rings. The summed E-state index contributed by atoms with van der Waals surface area (Å²) in [7, 11) is -7.83. The van der Waals surface area contributed by atoms with Crippen LogP contribution in [0.2, 0.25) is 0 Å².